The number of ether oxygens (including phenoxy) is 2. The predicted octanol–water partition coefficient (Wildman–Crippen LogP) is 0.0499. The number of hydrogen-bond donors (Lipinski definition) is 6. The Morgan fingerprint density at radius 1 is 0.968 bits per heavy atom. The number of aliphatic hydroxyl groups is 4. The van der Waals surface area contributed by atoms with E-state index in [4.69, 9.17) is 13.9 Å². The minimum absolute atomic E-state index is 0.0952. The highest BCUT2D eigenvalue weighted by Crippen LogP contribution is 2.36. The lowest BCUT2D eigenvalue weighted by Crippen LogP contribution is -2.60. The lowest BCUT2D eigenvalue weighted by Gasteiger charge is -2.39. The zero-order chi connectivity index (χ0) is 22.3. The molecule has 0 amide bonds. The molecule has 0 aliphatic carbocycles. The third-order valence-corrected chi connectivity index (χ3v) is 5.06. The van der Waals surface area contributed by atoms with Crippen molar-refractivity contribution in [1.82, 2.24) is 0 Å². The smallest absolute Gasteiger partial charge is 0.238 e. The Morgan fingerprint density at radius 2 is 1.68 bits per heavy atom. The maximum absolute atomic E-state index is 12.6. The molecule has 0 saturated carbocycles. The van der Waals surface area contributed by atoms with Crippen molar-refractivity contribution >= 4 is 11.0 Å². The summed E-state index contributed by atoms with van der Waals surface area (Å²) in [6.45, 7) is -0.637. The van der Waals surface area contributed by atoms with Gasteiger partial charge in [-0.15, -0.1) is 0 Å². The van der Waals surface area contributed by atoms with E-state index in [1.165, 1.54) is 6.07 Å². The van der Waals surface area contributed by atoms with Gasteiger partial charge < -0.3 is 44.5 Å². The van der Waals surface area contributed by atoms with Gasteiger partial charge >= 0.3 is 0 Å². The van der Waals surface area contributed by atoms with E-state index in [2.05, 4.69) is 0 Å². The summed E-state index contributed by atoms with van der Waals surface area (Å²) in [5.41, 5.74) is -0.531. The van der Waals surface area contributed by atoms with Gasteiger partial charge in [-0.05, 0) is 0 Å². The molecule has 31 heavy (non-hydrogen) atoms. The average molecular weight is 432 g/mol. The Morgan fingerprint density at radius 3 is 2.35 bits per heavy atom. The highest BCUT2D eigenvalue weighted by Gasteiger charge is 2.44. The van der Waals surface area contributed by atoms with Crippen LogP contribution in [-0.2, 0) is 4.74 Å². The van der Waals surface area contributed by atoms with Gasteiger partial charge in [0.2, 0.25) is 17.5 Å². The van der Waals surface area contributed by atoms with Crippen LogP contribution in [0.2, 0.25) is 0 Å². The fourth-order valence-corrected chi connectivity index (χ4v) is 3.42. The summed E-state index contributed by atoms with van der Waals surface area (Å²) in [6.07, 6.45) is -7.55. The van der Waals surface area contributed by atoms with E-state index >= 15 is 0 Å². The van der Waals surface area contributed by atoms with Crippen molar-refractivity contribution < 1.29 is 44.5 Å². The zero-order valence-corrected chi connectivity index (χ0v) is 16.0. The number of fused-ring (bicyclic) bond motifs is 1. The Bertz CT molecular complexity index is 1140. The molecule has 164 valence electrons. The fourth-order valence-electron chi connectivity index (χ4n) is 3.42. The third-order valence-electron chi connectivity index (χ3n) is 5.06. The molecular weight excluding hydrogens is 412 g/mol. The quantitative estimate of drug-likeness (QED) is 0.331. The molecular formula is C21H20O10. The van der Waals surface area contributed by atoms with Gasteiger partial charge in [0, 0.05) is 17.7 Å². The molecule has 1 aliphatic heterocycles. The molecule has 1 aliphatic rings. The van der Waals surface area contributed by atoms with Gasteiger partial charge in [0.25, 0.3) is 0 Å². The highest BCUT2D eigenvalue weighted by atomic mass is 16.7. The van der Waals surface area contributed by atoms with E-state index in [9.17, 15) is 35.4 Å². The van der Waals surface area contributed by atoms with Crippen LogP contribution >= 0.6 is 0 Å². The van der Waals surface area contributed by atoms with Crippen LogP contribution in [0.1, 0.15) is 0 Å². The molecule has 1 fully saturated rings. The predicted molar refractivity (Wildman–Crippen MR) is 106 cm³/mol. The molecule has 0 radical (unpaired) electrons. The molecule has 0 spiro atoms. The molecule has 1 aromatic heterocycles. The summed E-state index contributed by atoms with van der Waals surface area (Å²) in [5, 5.41) is 59.5. The van der Waals surface area contributed by atoms with Gasteiger partial charge in [-0.25, -0.2) is 0 Å². The van der Waals surface area contributed by atoms with Gasteiger partial charge in [0.15, 0.2) is 5.76 Å². The summed E-state index contributed by atoms with van der Waals surface area (Å²) in [7, 11) is 0. The molecule has 0 bridgehead atoms. The van der Waals surface area contributed by atoms with Crippen molar-refractivity contribution in [3.8, 4) is 28.6 Å². The third kappa shape index (κ3) is 3.71. The van der Waals surface area contributed by atoms with E-state index in [1.54, 1.807) is 30.3 Å². The van der Waals surface area contributed by atoms with Crippen LogP contribution in [0.5, 0.6) is 17.2 Å². The van der Waals surface area contributed by atoms with Gasteiger partial charge in [-0.2, -0.15) is 0 Å². The summed E-state index contributed by atoms with van der Waals surface area (Å²) in [4.78, 5) is 12.6. The number of aromatic hydroxyl groups is 2. The Labute approximate surface area is 174 Å². The second-order valence-corrected chi connectivity index (χ2v) is 7.11. The molecule has 10 heteroatoms. The van der Waals surface area contributed by atoms with Crippen LogP contribution < -0.4 is 10.2 Å². The number of aliphatic hydroxyl groups excluding tert-OH is 4. The summed E-state index contributed by atoms with van der Waals surface area (Å²) < 4.78 is 16.4. The second kappa shape index (κ2) is 8.17. The van der Waals surface area contributed by atoms with Crippen molar-refractivity contribution in [3.05, 3.63) is 52.7 Å². The number of rotatable bonds is 4. The average Bonchev–Trinajstić information content (AvgIpc) is 2.77. The van der Waals surface area contributed by atoms with Gasteiger partial charge in [-0.1, -0.05) is 30.3 Å². The molecule has 10 nitrogen and oxygen atoms in total. The Balaban J connectivity index is 1.75. The molecule has 5 atom stereocenters. The van der Waals surface area contributed by atoms with Crippen molar-refractivity contribution in [2.24, 2.45) is 0 Å². The molecule has 5 unspecified atom stereocenters. The Hall–Kier alpha value is -3.15. The number of phenols is 1. The molecule has 3 aromatic rings. The topological polar surface area (TPSA) is 170 Å². The lowest BCUT2D eigenvalue weighted by atomic mass is 9.99. The van der Waals surface area contributed by atoms with E-state index in [1.807, 2.05) is 0 Å². The van der Waals surface area contributed by atoms with E-state index in [0.717, 1.165) is 6.07 Å². The number of benzene rings is 2. The lowest BCUT2D eigenvalue weighted by molar-refractivity contribution is -0.277. The van der Waals surface area contributed by atoms with Crippen LogP contribution in [0, 0.1) is 0 Å². The van der Waals surface area contributed by atoms with E-state index in [0.29, 0.717) is 5.56 Å². The van der Waals surface area contributed by atoms with Crippen LogP contribution in [0.3, 0.4) is 0 Å². The molecule has 6 N–H and O–H groups in total. The first kappa shape index (κ1) is 21.1. The highest BCUT2D eigenvalue weighted by molar-refractivity contribution is 5.88. The van der Waals surface area contributed by atoms with E-state index in [-0.39, 0.29) is 22.5 Å². The summed E-state index contributed by atoms with van der Waals surface area (Å²) in [5.74, 6) is -1.43. The first-order valence-corrected chi connectivity index (χ1v) is 9.37. The van der Waals surface area contributed by atoms with Crippen molar-refractivity contribution in [2.45, 2.75) is 30.7 Å². The SMILES string of the molecule is O=c1c(O)c(-c2ccccc2)oc2cc(OC3OC(CO)C(O)C(O)C3O)cc(O)c12. The summed E-state index contributed by atoms with van der Waals surface area (Å²) in [6, 6.07) is 10.7. The van der Waals surface area contributed by atoms with Crippen LogP contribution in [0.25, 0.3) is 22.3 Å². The van der Waals surface area contributed by atoms with Gasteiger partial charge in [0.05, 0.1) is 6.61 Å². The van der Waals surface area contributed by atoms with Crippen molar-refractivity contribution in [2.75, 3.05) is 6.61 Å². The fraction of sp³-hybridized carbons (Fsp3) is 0.286. The normalized spacial score (nSPS) is 26.1. The van der Waals surface area contributed by atoms with Gasteiger partial charge in [0.1, 0.15) is 46.9 Å². The Kier molecular flexibility index (Phi) is 5.56. The first-order valence-electron chi connectivity index (χ1n) is 9.37. The maximum atomic E-state index is 12.6. The first-order chi connectivity index (χ1) is 14.8. The van der Waals surface area contributed by atoms with Crippen LogP contribution in [-0.4, -0.2) is 68.0 Å². The number of phenolic OH excluding ortho intramolecular Hbond substituents is 1. The standard InChI is InChI=1S/C21H20O10/c22-8-13-15(24)17(26)19(28)21(31-13)29-10-6-11(23)14-12(7-10)30-20(18(27)16(14)25)9-4-2-1-3-5-9/h1-7,13,15,17,19,21-24,26-28H,8H2. The van der Waals surface area contributed by atoms with Crippen molar-refractivity contribution in [3.63, 3.8) is 0 Å². The molecule has 2 aromatic carbocycles. The minimum Gasteiger partial charge on any atom is -0.507 e. The molecule has 2 heterocycles. The molecule has 1 saturated heterocycles. The van der Waals surface area contributed by atoms with E-state index < -0.39 is 54.2 Å². The van der Waals surface area contributed by atoms with Crippen LogP contribution in [0.15, 0.2) is 51.7 Å². The van der Waals surface area contributed by atoms with Crippen LogP contribution in [0.4, 0.5) is 0 Å². The monoisotopic (exact) mass is 432 g/mol. The molecule has 4 rings (SSSR count). The maximum Gasteiger partial charge on any atom is 0.238 e. The summed E-state index contributed by atoms with van der Waals surface area (Å²) >= 11 is 0. The number of hydrogen-bond acceptors (Lipinski definition) is 10. The zero-order valence-electron chi connectivity index (χ0n) is 16.0. The minimum atomic E-state index is -1.66. The van der Waals surface area contributed by atoms with Gasteiger partial charge in [-0.3, -0.25) is 4.79 Å². The second-order valence-electron chi connectivity index (χ2n) is 7.11. The largest absolute Gasteiger partial charge is 0.507 e. The van der Waals surface area contributed by atoms with Crippen molar-refractivity contribution in [1.29, 1.82) is 0 Å².